The molecule has 0 spiro atoms. The van der Waals surface area contributed by atoms with Gasteiger partial charge in [0.05, 0.1) is 31.5 Å². The smallest absolute Gasteiger partial charge is 0.156 e. The Morgan fingerprint density at radius 2 is 1.91 bits per heavy atom. The van der Waals surface area contributed by atoms with Crippen molar-refractivity contribution in [3.8, 4) is 12.1 Å². The second-order valence-electron chi connectivity index (χ2n) is 2.20. The zero-order valence-electron chi connectivity index (χ0n) is 6.32. The minimum Gasteiger partial charge on any atom is -0.391 e. The fraction of sp³-hybridized carbons (Fsp3) is 0.714. The second kappa shape index (κ2) is 5.67. The maximum absolute atomic E-state index is 8.72. The van der Waals surface area contributed by atoms with Crippen LogP contribution in [0.15, 0.2) is 0 Å². The highest BCUT2D eigenvalue weighted by atomic mass is 16.5. The number of nitrogens with zero attached hydrogens (tertiary/aromatic N) is 2. The first-order chi connectivity index (χ1) is 5.20. The van der Waals surface area contributed by atoms with Crippen LogP contribution < -0.4 is 0 Å². The quantitative estimate of drug-likeness (QED) is 0.620. The van der Waals surface area contributed by atoms with E-state index in [1.807, 2.05) is 0 Å². The summed E-state index contributed by atoms with van der Waals surface area (Å²) in [6, 6.07) is 3.52. The van der Waals surface area contributed by atoms with Gasteiger partial charge in [0.1, 0.15) is 0 Å². The van der Waals surface area contributed by atoms with Crippen molar-refractivity contribution in [2.45, 2.75) is 13.0 Å². The van der Waals surface area contributed by atoms with E-state index in [1.54, 1.807) is 19.1 Å². The SMILES string of the molecule is CC(O)COCC(C#N)C#N. The molecule has 0 bridgehead atoms. The van der Waals surface area contributed by atoms with Crippen LogP contribution >= 0.6 is 0 Å². The first-order valence-electron chi connectivity index (χ1n) is 3.25. The Bertz CT molecular complexity index is 164. The van der Waals surface area contributed by atoms with E-state index < -0.39 is 12.0 Å². The normalized spacial score (nSPS) is 12.1. The van der Waals surface area contributed by atoms with E-state index >= 15 is 0 Å². The zero-order chi connectivity index (χ0) is 8.69. The molecular weight excluding hydrogens is 144 g/mol. The van der Waals surface area contributed by atoms with Gasteiger partial charge < -0.3 is 9.84 Å². The van der Waals surface area contributed by atoms with Gasteiger partial charge in [0.15, 0.2) is 5.92 Å². The van der Waals surface area contributed by atoms with E-state index in [4.69, 9.17) is 20.4 Å². The maximum Gasteiger partial charge on any atom is 0.156 e. The molecule has 60 valence electrons. The third kappa shape index (κ3) is 5.35. The molecule has 0 aromatic rings. The Hall–Kier alpha value is -1.10. The van der Waals surface area contributed by atoms with Crippen molar-refractivity contribution in [1.82, 2.24) is 0 Å². The minimum absolute atomic E-state index is 0.0674. The second-order valence-corrected chi connectivity index (χ2v) is 2.20. The predicted molar refractivity (Wildman–Crippen MR) is 37.2 cm³/mol. The van der Waals surface area contributed by atoms with Crippen LogP contribution in [0.2, 0.25) is 0 Å². The molecule has 1 unspecified atom stereocenters. The van der Waals surface area contributed by atoms with Gasteiger partial charge in [-0.15, -0.1) is 0 Å². The van der Waals surface area contributed by atoms with Gasteiger partial charge in [-0.3, -0.25) is 0 Å². The van der Waals surface area contributed by atoms with Crippen molar-refractivity contribution >= 4 is 0 Å². The van der Waals surface area contributed by atoms with E-state index in [2.05, 4.69) is 0 Å². The number of aliphatic hydroxyl groups is 1. The molecule has 0 aliphatic carbocycles. The lowest BCUT2D eigenvalue weighted by atomic mass is 10.2. The monoisotopic (exact) mass is 154 g/mol. The van der Waals surface area contributed by atoms with E-state index in [9.17, 15) is 0 Å². The van der Waals surface area contributed by atoms with Crippen LogP contribution in [-0.4, -0.2) is 24.4 Å². The molecule has 0 aromatic heterocycles. The number of aliphatic hydroxyl groups excluding tert-OH is 1. The van der Waals surface area contributed by atoms with Crippen molar-refractivity contribution in [2.24, 2.45) is 5.92 Å². The van der Waals surface area contributed by atoms with Gasteiger partial charge in [0.2, 0.25) is 0 Å². The Morgan fingerprint density at radius 1 is 1.36 bits per heavy atom. The molecule has 11 heavy (non-hydrogen) atoms. The summed E-state index contributed by atoms with van der Waals surface area (Å²) in [6.45, 7) is 1.81. The molecule has 0 saturated carbocycles. The number of hydrogen-bond donors (Lipinski definition) is 1. The minimum atomic E-state index is -0.728. The molecule has 0 saturated heterocycles. The number of hydrogen-bond acceptors (Lipinski definition) is 4. The van der Waals surface area contributed by atoms with Gasteiger partial charge >= 0.3 is 0 Å². The standard InChI is InChI=1S/C7H10N2O2/c1-6(10)4-11-5-7(2-8)3-9/h6-7,10H,4-5H2,1H3. The van der Waals surface area contributed by atoms with E-state index in [-0.39, 0.29) is 13.2 Å². The fourth-order valence-corrected chi connectivity index (χ4v) is 0.460. The molecule has 1 N–H and O–H groups in total. The highest BCUT2D eigenvalue weighted by Gasteiger charge is 2.05. The van der Waals surface area contributed by atoms with E-state index in [0.717, 1.165) is 0 Å². The van der Waals surface area contributed by atoms with Crippen LogP contribution in [0.3, 0.4) is 0 Å². The molecule has 1 atom stereocenters. The summed E-state index contributed by atoms with van der Waals surface area (Å²) in [5, 5.41) is 25.3. The third-order valence-corrected chi connectivity index (χ3v) is 0.955. The van der Waals surface area contributed by atoms with Gasteiger partial charge in [-0.2, -0.15) is 10.5 Å². The molecule has 0 heterocycles. The average Bonchev–Trinajstić information content (AvgIpc) is 1.98. The molecule has 0 radical (unpaired) electrons. The van der Waals surface area contributed by atoms with Crippen LogP contribution in [0.1, 0.15) is 6.92 Å². The Balaban J connectivity index is 3.40. The van der Waals surface area contributed by atoms with Crippen molar-refractivity contribution < 1.29 is 9.84 Å². The van der Waals surface area contributed by atoms with Crippen molar-refractivity contribution in [3.63, 3.8) is 0 Å². The molecule has 0 amide bonds. The highest BCUT2D eigenvalue weighted by molar-refractivity contribution is 4.98. The van der Waals surface area contributed by atoms with Crippen molar-refractivity contribution in [1.29, 1.82) is 10.5 Å². The first-order valence-corrected chi connectivity index (χ1v) is 3.25. The Labute approximate surface area is 65.6 Å². The summed E-state index contributed by atoms with van der Waals surface area (Å²) in [5.74, 6) is -0.728. The number of nitriles is 2. The molecule has 4 heteroatoms. The Kier molecular flexibility index (Phi) is 5.10. The van der Waals surface area contributed by atoms with Crippen LogP contribution in [-0.2, 0) is 4.74 Å². The van der Waals surface area contributed by atoms with Gasteiger partial charge in [0, 0.05) is 0 Å². The topological polar surface area (TPSA) is 77.0 Å². The van der Waals surface area contributed by atoms with Gasteiger partial charge in [-0.05, 0) is 6.92 Å². The van der Waals surface area contributed by atoms with Crippen LogP contribution in [0, 0.1) is 28.6 Å². The van der Waals surface area contributed by atoms with Crippen LogP contribution in [0.25, 0.3) is 0 Å². The molecule has 4 nitrogen and oxygen atoms in total. The summed E-state index contributed by atoms with van der Waals surface area (Å²) in [7, 11) is 0. The molecular formula is C7H10N2O2. The van der Waals surface area contributed by atoms with E-state index in [0.29, 0.717) is 0 Å². The summed E-state index contributed by atoms with van der Waals surface area (Å²) in [5.41, 5.74) is 0. The van der Waals surface area contributed by atoms with Gasteiger partial charge in [0.25, 0.3) is 0 Å². The van der Waals surface area contributed by atoms with Crippen LogP contribution in [0.4, 0.5) is 0 Å². The summed E-state index contributed by atoms with van der Waals surface area (Å²) < 4.78 is 4.84. The molecule has 0 rings (SSSR count). The lowest BCUT2D eigenvalue weighted by molar-refractivity contribution is 0.0421. The summed E-state index contributed by atoms with van der Waals surface area (Å²) in [4.78, 5) is 0. The third-order valence-electron chi connectivity index (χ3n) is 0.955. The molecule has 0 aliphatic heterocycles. The molecule has 0 aromatic carbocycles. The van der Waals surface area contributed by atoms with Gasteiger partial charge in [-0.25, -0.2) is 0 Å². The van der Waals surface area contributed by atoms with Crippen LogP contribution in [0.5, 0.6) is 0 Å². The first kappa shape index (κ1) is 9.90. The largest absolute Gasteiger partial charge is 0.391 e. The summed E-state index contributed by atoms with van der Waals surface area (Å²) in [6.07, 6.45) is -0.548. The van der Waals surface area contributed by atoms with Crippen molar-refractivity contribution in [2.75, 3.05) is 13.2 Å². The maximum atomic E-state index is 8.72. The zero-order valence-corrected chi connectivity index (χ0v) is 6.32. The lowest BCUT2D eigenvalue weighted by Gasteiger charge is -2.04. The van der Waals surface area contributed by atoms with Crippen molar-refractivity contribution in [3.05, 3.63) is 0 Å². The van der Waals surface area contributed by atoms with Gasteiger partial charge in [-0.1, -0.05) is 0 Å². The number of rotatable bonds is 4. The highest BCUT2D eigenvalue weighted by Crippen LogP contribution is 1.93. The number of ether oxygens (including phenoxy) is 1. The molecule has 0 fully saturated rings. The Morgan fingerprint density at radius 3 is 2.27 bits per heavy atom. The fourth-order valence-electron chi connectivity index (χ4n) is 0.460. The summed E-state index contributed by atoms with van der Waals surface area (Å²) >= 11 is 0. The van der Waals surface area contributed by atoms with E-state index in [1.165, 1.54) is 0 Å². The predicted octanol–water partition coefficient (Wildman–Crippen LogP) is 0.0472. The lowest BCUT2D eigenvalue weighted by Crippen LogP contribution is -2.14. The average molecular weight is 154 g/mol. The molecule has 0 aliphatic rings.